The Morgan fingerprint density at radius 3 is 2.65 bits per heavy atom. The van der Waals surface area contributed by atoms with E-state index in [1.807, 2.05) is 0 Å². The predicted molar refractivity (Wildman–Crippen MR) is 72.0 cm³/mol. The maximum absolute atomic E-state index is 9.24. The fourth-order valence-corrected chi connectivity index (χ4v) is 2.28. The molecule has 0 aliphatic heterocycles. The van der Waals surface area contributed by atoms with Crippen LogP contribution in [-0.2, 0) is 6.61 Å². The lowest BCUT2D eigenvalue weighted by molar-refractivity contribution is 0.234. The van der Waals surface area contributed by atoms with E-state index in [2.05, 4.69) is 13.8 Å². The molecule has 0 radical (unpaired) electrons. The Morgan fingerprint density at radius 2 is 2.06 bits per heavy atom. The van der Waals surface area contributed by atoms with E-state index in [9.17, 15) is 5.11 Å². The van der Waals surface area contributed by atoms with Gasteiger partial charge in [0.15, 0.2) is 0 Å². The van der Waals surface area contributed by atoms with Crippen molar-refractivity contribution in [3.8, 4) is 5.75 Å². The van der Waals surface area contributed by atoms with Crippen molar-refractivity contribution < 1.29 is 9.84 Å². The summed E-state index contributed by atoms with van der Waals surface area (Å²) in [5.41, 5.74) is 0.631. The third kappa shape index (κ3) is 4.38. The molecule has 0 spiro atoms. The molecule has 1 unspecified atom stereocenters. The third-order valence-corrected chi connectivity index (χ3v) is 3.05. The standard InChI is InChI=1S/C13H18Cl2O2/c1-3-4-9(2)8-17-13-10(7-16)5-11(14)6-12(13)15/h5-6,9,16H,3-4,7-8H2,1-2H3. The number of benzene rings is 1. The van der Waals surface area contributed by atoms with Gasteiger partial charge in [0.05, 0.1) is 18.2 Å². The van der Waals surface area contributed by atoms with E-state index in [-0.39, 0.29) is 6.61 Å². The molecule has 0 bridgehead atoms. The summed E-state index contributed by atoms with van der Waals surface area (Å²) in [6.07, 6.45) is 2.24. The first-order chi connectivity index (χ1) is 8.08. The summed E-state index contributed by atoms with van der Waals surface area (Å²) in [6, 6.07) is 3.30. The van der Waals surface area contributed by atoms with Gasteiger partial charge < -0.3 is 9.84 Å². The number of hydrogen-bond acceptors (Lipinski definition) is 2. The van der Waals surface area contributed by atoms with Gasteiger partial charge in [0.2, 0.25) is 0 Å². The van der Waals surface area contributed by atoms with Crippen LogP contribution < -0.4 is 4.74 Å². The molecular weight excluding hydrogens is 259 g/mol. The highest BCUT2D eigenvalue weighted by Gasteiger charge is 2.11. The molecule has 0 fully saturated rings. The maximum atomic E-state index is 9.24. The van der Waals surface area contributed by atoms with Crippen LogP contribution in [0.3, 0.4) is 0 Å². The van der Waals surface area contributed by atoms with Gasteiger partial charge in [-0.3, -0.25) is 0 Å². The van der Waals surface area contributed by atoms with Gasteiger partial charge in [-0.15, -0.1) is 0 Å². The first-order valence-corrected chi connectivity index (χ1v) is 6.55. The summed E-state index contributed by atoms with van der Waals surface area (Å²) in [5.74, 6) is 1.01. The molecule has 0 saturated heterocycles. The Kier molecular flexibility index (Phi) is 6.10. The van der Waals surface area contributed by atoms with Crippen LogP contribution in [0.5, 0.6) is 5.75 Å². The second kappa shape index (κ2) is 7.10. The van der Waals surface area contributed by atoms with Crippen LogP contribution >= 0.6 is 23.2 Å². The Hall–Kier alpha value is -0.440. The van der Waals surface area contributed by atoms with Crippen LogP contribution in [0.15, 0.2) is 12.1 Å². The van der Waals surface area contributed by atoms with E-state index in [1.165, 1.54) is 0 Å². The van der Waals surface area contributed by atoms with E-state index in [0.29, 0.717) is 33.9 Å². The summed E-state index contributed by atoms with van der Waals surface area (Å²) in [5, 5.41) is 10.2. The minimum Gasteiger partial charge on any atom is -0.491 e. The summed E-state index contributed by atoms with van der Waals surface area (Å²) < 4.78 is 5.68. The average molecular weight is 277 g/mol. The topological polar surface area (TPSA) is 29.5 Å². The number of aliphatic hydroxyl groups excluding tert-OH is 1. The van der Waals surface area contributed by atoms with Crippen LogP contribution in [0.25, 0.3) is 0 Å². The summed E-state index contributed by atoms with van der Waals surface area (Å²) in [4.78, 5) is 0. The number of ether oxygens (including phenoxy) is 1. The number of aliphatic hydroxyl groups is 1. The van der Waals surface area contributed by atoms with Gasteiger partial charge >= 0.3 is 0 Å². The lowest BCUT2D eigenvalue weighted by Crippen LogP contribution is -2.09. The summed E-state index contributed by atoms with van der Waals surface area (Å²) in [6.45, 7) is 4.75. The van der Waals surface area contributed by atoms with Crippen molar-refractivity contribution >= 4 is 23.2 Å². The average Bonchev–Trinajstić information content (AvgIpc) is 2.27. The molecule has 1 aromatic carbocycles. The second-order valence-corrected chi connectivity index (χ2v) is 5.08. The summed E-state index contributed by atoms with van der Waals surface area (Å²) >= 11 is 11.9. The monoisotopic (exact) mass is 276 g/mol. The molecule has 1 rings (SSSR count). The molecule has 0 aliphatic rings. The lowest BCUT2D eigenvalue weighted by Gasteiger charge is -2.16. The van der Waals surface area contributed by atoms with Gasteiger partial charge in [-0.05, 0) is 24.5 Å². The highest BCUT2D eigenvalue weighted by molar-refractivity contribution is 6.35. The summed E-state index contributed by atoms with van der Waals surface area (Å²) in [7, 11) is 0. The van der Waals surface area contributed by atoms with Crippen molar-refractivity contribution in [1.29, 1.82) is 0 Å². The molecule has 0 heterocycles. The van der Waals surface area contributed by atoms with E-state index in [1.54, 1.807) is 12.1 Å². The molecule has 0 saturated carbocycles. The minimum absolute atomic E-state index is 0.127. The first-order valence-electron chi connectivity index (χ1n) is 5.80. The molecule has 1 atom stereocenters. The molecule has 0 aromatic heterocycles. The molecule has 0 amide bonds. The Labute approximate surface area is 113 Å². The van der Waals surface area contributed by atoms with E-state index in [0.717, 1.165) is 12.8 Å². The van der Waals surface area contributed by atoms with Gasteiger partial charge in [0, 0.05) is 10.6 Å². The number of hydrogen-bond donors (Lipinski definition) is 1. The largest absolute Gasteiger partial charge is 0.491 e. The Bertz CT molecular complexity index is 367. The van der Waals surface area contributed by atoms with Gasteiger partial charge in [0.1, 0.15) is 5.75 Å². The highest BCUT2D eigenvalue weighted by atomic mass is 35.5. The molecule has 0 aliphatic carbocycles. The zero-order valence-corrected chi connectivity index (χ0v) is 11.7. The van der Waals surface area contributed by atoms with E-state index < -0.39 is 0 Å². The zero-order chi connectivity index (χ0) is 12.8. The van der Waals surface area contributed by atoms with E-state index >= 15 is 0 Å². The lowest BCUT2D eigenvalue weighted by atomic mass is 10.1. The molecule has 2 nitrogen and oxygen atoms in total. The fraction of sp³-hybridized carbons (Fsp3) is 0.538. The SMILES string of the molecule is CCCC(C)COc1c(Cl)cc(Cl)cc1CO. The minimum atomic E-state index is -0.127. The molecule has 96 valence electrons. The molecular formula is C13H18Cl2O2. The fourth-order valence-electron chi connectivity index (χ4n) is 1.69. The van der Waals surface area contributed by atoms with Gasteiger partial charge in [-0.25, -0.2) is 0 Å². The second-order valence-electron chi connectivity index (χ2n) is 4.24. The van der Waals surface area contributed by atoms with Crippen LogP contribution in [-0.4, -0.2) is 11.7 Å². The van der Waals surface area contributed by atoms with Crippen LogP contribution in [0.1, 0.15) is 32.3 Å². The maximum Gasteiger partial charge on any atom is 0.143 e. The Balaban J connectivity index is 2.76. The van der Waals surface area contributed by atoms with Gasteiger partial charge in [-0.2, -0.15) is 0 Å². The molecule has 4 heteroatoms. The van der Waals surface area contributed by atoms with Crippen molar-refractivity contribution in [2.45, 2.75) is 33.3 Å². The van der Waals surface area contributed by atoms with Crippen molar-refractivity contribution in [2.75, 3.05) is 6.61 Å². The van der Waals surface area contributed by atoms with Gasteiger partial charge in [-0.1, -0.05) is 43.5 Å². The van der Waals surface area contributed by atoms with Crippen molar-refractivity contribution in [3.63, 3.8) is 0 Å². The normalized spacial score (nSPS) is 12.5. The molecule has 17 heavy (non-hydrogen) atoms. The molecule has 1 N–H and O–H groups in total. The third-order valence-electron chi connectivity index (χ3n) is 2.55. The van der Waals surface area contributed by atoms with Crippen molar-refractivity contribution in [2.24, 2.45) is 5.92 Å². The quantitative estimate of drug-likeness (QED) is 0.840. The van der Waals surface area contributed by atoms with Crippen molar-refractivity contribution in [1.82, 2.24) is 0 Å². The number of rotatable bonds is 6. The smallest absolute Gasteiger partial charge is 0.143 e. The number of halogens is 2. The van der Waals surface area contributed by atoms with Crippen LogP contribution in [0.2, 0.25) is 10.0 Å². The van der Waals surface area contributed by atoms with Crippen LogP contribution in [0.4, 0.5) is 0 Å². The van der Waals surface area contributed by atoms with Crippen molar-refractivity contribution in [3.05, 3.63) is 27.7 Å². The zero-order valence-electron chi connectivity index (χ0n) is 10.2. The predicted octanol–water partition coefficient (Wildman–Crippen LogP) is 4.30. The Morgan fingerprint density at radius 1 is 1.35 bits per heavy atom. The highest BCUT2D eigenvalue weighted by Crippen LogP contribution is 2.32. The van der Waals surface area contributed by atoms with Gasteiger partial charge in [0.25, 0.3) is 0 Å². The van der Waals surface area contributed by atoms with Crippen LogP contribution in [0, 0.1) is 5.92 Å². The first kappa shape index (κ1) is 14.6. The van der Waals surface area contributed by atoms with E-state index in [4.69, 9.17) is 27.9 Å². The molecule has 1 aromatic rings.